The molecule has 2 aromatic rings. The number of benzene rings is 1. The maximum atomic E-state index is 6.18. The molecule has 1 unspecified atom stereocenters. The molecule has 1 aromatic heterocycles. The summed E-state index contributed by atoms with van der Waals surface area (Å²) in [4.78, 5) is 1.33. The van der Waals surface area contributed by atoms with Crippen molar-refractivity contribution < 1.29 is 0 Å². The van der Waals surface area contributed by atoms with Crippen LogP contribution in [0.5, 0.6) is 0 Å². The molecule has 0 aliphatic rings. The molecule has 1 N–H and O–H groups in total. The van der Waals surface area contributed by atoms with Crippen LogP contribution in [-0.2, 0) is 0 Å². The van der Waals surface area contributed by atoms with Gasteiger partial charge in [0.05, 0.1) is 6.04 Å². The van der Waals surface area contributed by atoms with Crippen molar-refractivity contribution in [2.45, 2.75) is 19.9 Å². The Balaban J connectivity index is 2.45. The van der Waals surface area contributed by atoms with E-state index in [2.05, 4.69) is 36.7 Å². The van der Waals surface area contributed by atoms with E-state index >= 15 is 0 Å². The molecule has 0 aliphatic heterocycles. The van der Waals surface area contributed by atoms with Crippen molar-refractivity contribution in [3.8, 4) is 0 Å². The van der Waals surface area contributed by atoms with Crippen LogP contribution in [0.25, 0.3) is 0 Å². The Bertz CT molecular complexity index is 519. The normalized spacial score (nSPS) is 12.7. The summed E-state index contributed by atoms with van der Waals surface area (Å²) >= 11 is 7.96. The molecule has 17 heavy (non-hydrogen) atoms. The van der Waals surface area contributed by atoms with Gasteiger partial charge in [-0.2, -0.15) is 0 Å². The summed E-state index contributed by atoms with van der Waals surface area (Å²) in [6.07, 6.45) is 0. The lowest BCUT2D eigenvalue weighted by molar-refractivity contribution is 0.690. The van der Waals surface area contributed by atoms with E-state index in [1.54, 1.807) is 11.3 Å². The summed E-state index contributed by atoms with van der Waals surface area (Å²) in [7, 11) is 1.98. The number of nitrogens with one attached hydrogen (secondary N) is 1. The quantitative estimate of drug-likeness (QED) is 0.871. The molecule has 0 fully saturated rings. The van der Waals surface area contributed by atoms with Crippen molar-refractivity contribution in [1.82, 2.24) is 5.32 Å². The van der Waals surface area contributed by atoms with Gasteiger partial charge in [0.25, 0.3) is 0 Å². The number of hydrogen-bond donors (Lipinski definition) is 1. The lowest BCUT2D eigenvalue weighted by Gasteiger charge is -2.18. The zero-order chi connectivity index (χ0) is 12.4. The van der Waals surface area contributed by atoms with Crippen molar-refractivity contribution in [2.24, 2.45) is 0 Å². The molecule has 0 radical (unpaired) electrons. The van der Waals surface area contributed by atoms with Gasteiger partial charge >= 0.3 is 0 Å². The minimum absolute atomic E-state index is 0.221. The van der Waals surface area contributed by atoms with E-state index in [1.807, 2.05) is 19.2 Å². The molecule has 0 amide bonds. The van der Waals surface area contributed by atoms with Crippen LogP contribution in [0.1, 0.15) is 27.6 Å². The topological polar surface area (TPSA) is 12.0 Å². The third-order valence-electron chi connectivity index (χ3n) is 2.99. The Labute approximate surface area is 111 Å². The second kappa shape index (κ2) is 5.21. The minimum atomic E-state index is 0.221. The molecular formula is C14H16ClNS. The van der Waals surface area contributed by atoms with Gasteiger partial charge in [-0.15, -0.1) is 11.3 Å². The summed E-state index contributed by atoms with van der Waals surface area (Å²) in [5.74, 6) is 0. The number of hydrogen-bond acceptors (Lipinski definition) is 2. The molecule has 0 spiro atoms. The zero-order valence-corrected chi connectivity index (χ0v) is 11.8. The monoisotopic (exact) mass is 265 g/mol. The van der Waals surface area contributed by atoms with Crippen LogP contribution < -0.4 is 5.32 Å². The zero-order valence-electron chi connectivity index (χ0n) is 10.3. The molecule has 0 aliphatic carbocycles. The van der Waals surface area contributed by atoms with Crippen molar-refractivity contribution in [1.29, 1.82) is 0 Å². The standard InChI is InChI=1S/C14H16ClNS/c1-9-7-11(8-17-9)14(16-3)12-5-4-6-13(15)10(12)2/h4-8,14,16H,1-3H3. The SMILES string of the molecule is CNC(c1csc(C)c1)c1cccc(Cl)c1C. The Hall–Kier alpha value is -0.830. The summed E-state index contributed by atoms with van der Waals surface area (Å²) in [5, 5.41) is 6.40. The Morgan fingerprint density at radius 1 is 1.29 bits per heavy atom. The Kier molecular flexibility index (Phi) is 3.87. The molecule has 0 saturated carbocycles. The first-order chi connectivity index (χ1) is 8.13. The molecule has 3 heteroatoms. The maximum absolute atomic E-state index is 6.18. The van der Waals surface area contributed by atoms with Gasteiger partial charge in [-0.05, 0) is 55.1 Å². The fourth-order valence-electron chi connectivity index (χ4n) is 2.05. The van der Waals surface area contributed by atoms with Crippen LogP contribution in [0.15, 0.2) is 29.6 Å². The minimum Gasteiger partial charge on any atom is -0.309 e. The van der Waals surface area contributed by atoms with Crippen LogP contribution in [0, 0.1) is 13.8 Å². The molecule has 1 heterocycles. The van der Waals surface area contributed by atoms with Gasteiger partial charge in [0.2, 0.25) is 0 Å². The summed E-state index contributed by atoms with van der Waals surface area (Å²) in [6.45, 7) is 4.20. The van der Waals surface area contributed by atoms with Gasteiger partial charge in [-0.25, -0.2) is 0 Å². The highest BCUT2D eigenvalue weighted by atomic mass is 35.5. The predicted molar refractivity (Wildman–Crippen MR) is 76.1 cm³/mol. The molecule has 90 valence electrons. The van der Waals surface area contributed by atoms with E-state index in [4.69, 9.17) is 11.6 Å². The molecule has 1 nitrogen and oxygen atoms in total. The van der Waals surface area contributed by atoms with Gasteiger partial charge in [-0.1, -0.05) is 23.7 Å². The number of rotatable bonds is 3. The van der Waals surface area contributed by atoms with E-state index < -0.39 is 0 Å². The lowest BCUT2D eigenvalue weighted by atomic mass is 9.97. The second-order valence-electron chi connectivity index (χ2n) is 4.17. The van der Waals surface area contributed by atoms with Crippen LogP contribution in [-0.4, -0.2) is 7.05 Å². The van der Waals surface area contributed by atoms with E-state index in [-0.39, 0.29) is 6.04 Å². The molecule has 0 bridgehead atoms. The van der Waals surface area contributed by atoms with Crippen LogP contribution >= 0.6 is 22.9 Å². The van der Waals surface area contributed by atoms with Gasteiger partial charge in [0.15, 0.2) is 0 Å². The first-order valence-corrected chi connectivity index (χ1v) is 6.86. The molecular weight excluding hydrogens is 250 g/mol. The fraction of sp³-hybridized carbons (Fsp3) is 0.286. The highest BCUT2D eigenvalue weighted by Gasteiger charge is 2.16. The average Bonchev–Trinajstić information content (AvgIpc) is 2.72. The van der Waals surface area contributed by atoms with Gasteiger partial charge in [0.1, 0.15) is 0 Å². The van der Waals surface area contributed by atoms with Crippen molar-refractivity contribution >= 4 is 22.9 Å². The Morgan fingerprint density at radius 3 is 2.65 bits per heavy atom. The highest BCUT2D eigenvalue weighted by molar-refractivity contribution is 7.10. The predicted octanol–water partition coefficient (Wildman–Crippen LogP) is 4.33. The molecule has 1 aromatic carbocycles. The van der Waals surface area contributed by atoms with E-state index in [1.165, 1.54) is 16.0 Å². The van der Waals surface area contributed by atoms with E-state index in [0.29, 0.717) is 0 Å². The van der Waals surface area contributed by atoms with Crippen LogP contribution in [0.3, 0.4) is 0 Å². The molecule has 2 rings (SSSR count). The van der Waals surface area contributed by atoms with Crippen molar-refractivity contribution in [3.63, 3.8) is 0 Å². The van der Waals surface area contributed by atoms with Gasteiger partial charge in [-0.3, -0.25) is 0 Å². The Morgan fingerprint density at radius 2 is 2.06 bits per heavy atom. The third kappa shape index (κ3) is 2.54. The smallest absolute Gasteiger partial charge is 0.0585 e. The lowest BCUT2D eigenvalue weighted by Crippen LogP contribution is -2.18. The summed E-state index contributed by atoms with van der Waals surface area (Å²) in [6, 6.07) is 8.53. The highest BCUT2D eigenvalue weighted by Crippen LogP contribution is 2.30. The number of aryl methyl sites for hydroxylation is 1. The van der Waals surface area contributed by atoms with Gasteiger partial charge < -0.3 is 5.32 Å². The second-order valence-corrected chi connectivity index (χ2v) is 5.69. The van der Waals surface area contributed by atoms with Crippen molar-refractivity contribution in [2.75, 3.05) is 7.05 Å². The summed E-state index contributed by atoms with van der Waals surface area (Å²) in [5.41, 5.74) is 3.70. The fourth-order valence-corrected chi connectivity index (χ4v) is 2.97. The van der Waals surface area contributed by atoms with E-state index in [9.17, 15) is 0 Å². The maximum Gasteiger partial charge on any atom is 0.0585 e. The number of halogens is 1. The first kappa shape index (κ1) is 12.6. The molecule has 1 atom stereocenters. The third-order valence-corrected chi connectivity index (χ3v) is 4.28. The summed E-state index contributed by atoms with van der Waals surface area (Å²) < 4.78 is 0. The van der Waals surface area contributed by atoms with Gasteiger partial charge in [0, 0.05) is 9.90 Å². The first-order valence-electron chi connectivity index (χ1n) is 5.60. The largest absolute Gasteiger partial charge is 0.309 e. The number of thiophene rings is 1. The van der Waals surface area contributed by atoms with Crippen LogP contribution in [0.4, 0.5) is 0 Å². The van der Waals surface area contributed by atoms with E-state index in [0.717, 1.165) is 10.6 Å². The average molecular weight is 266 g/mol. The molecule has 0 saturated heterocycles. The van der Waals surface area contributed by atoms with Crippen LogP contribution in [0.2, 0.25) is 5.02 Å². The van der Waals surface area contributed by atoms with Crippen molar-refractivity contribution in [3.05, 3.63) is 56.2 Å².